The fourth-order valence-corrected chi connectivity index (χ4v) is 3.73. The number of rotatable bonds is 8. The molecule has 9 heteroatoms. The van der Waals surface area contributed by atoms with Crippen LogP contribution in [0.1, 0.15) is 47.5 Å². The van der Waals surface area contributed by atoms with Gasteiger partial charge in [-0.05, 0) is 44.5 Å². The van der Waals surface area contributed by atoms with Crippen molar-refractivity contribution in [2.45, 2.75) is 45.8 Å². The Hall–Kier alpha value is -3.62. The first-order valence-electron chi connectivity index (χ1n) is 10.8. The summed E-state index contributed by atoms with van der Waals surface area (Å²) < 4.78 is 45.8. The Labute approximate surface area is 195 Å². The second-order valence-corrected chi connectivity index (χ2v) is 7.83. The highest BCUT2D eigenvalue weighted by atomic mass is 19.4. The van der Waals surface area contributed by atoms with Crippen LogP contribution in [-0.4, -0.2) is 28.3 Å². The van der Waals surface area contributed by atoms with Crippen LogP contribution in [0.5, 0.6) is 0 Å². The average Bonchev–Trinajstić information content (AvgIpc) is 3.07. The van der Waals surface area contributed by atoms with Gasteiger partial charge >= 0.3 is 12.1 Å². The smallest absolute Gasteiger partial charge is 0.416 e. The summed E-state index contributed by atoms with van der Waals surface area (Å²) in [4.78, 5) is 25.0. The van der Waals surface area contributed by atoms with Crippen LogP contribution in [0.15, 0.2) is 54.6 Å². The van der Waals surface area contributed by atoms with Crippen molar-refractivity contribution in [3.63, 3.8) is 0 Å². The van der Waals surface area contributed by atoms with E-state index in [1.54, 1.807) is 20.8 Å². The number of hydrogen-bond donors (Lipinski definition) is 1. The molecule has 34 heavy (non-hydrogen) atoms. The maximum Gasteiger partial charge on any atom is 0.416 e. The summed E-state index contributed by atoms with van der Waals surface area (Å²) in [6.07, 6.45) is -4.53. The molecule has 1 aromatic heterocycles. The molecule has 0 aliphatic carbocycles. The molecule has 1 N–H and O–H groups in total. The van der Waals surface area contributed by atoms with Crippen LogP contribution in [0.3, 0.4) is 0 Å². The van der Waals surface area contributed by atoms with Crippen LogP contribution in [0.2, 0.25) is 0 Å². The number of halogens is 3. The number of carbonyl (C=O) groups excluding carboxylic acids is 2. The van der Waals surface area contributed by atoms with Crippen molar-refractivity contribution in [1.29, 1.82) is 0 Å². The largest absolute Gasteiger partial charge is 0.466 e. The molecule has 0 saturated carbocycles. The van der Waals surface area contributed by atoms with E-state index in [4.69, 9.17) is 4.74 Å². The summed E-state index contributed by atoms with van der Waals surface area (Å²) in [5.41, 5.74) is 1.95. The number of esters is 1. The van der Waals surface area contributed by atoms with Crippen molar-refractivity contribution in [1.82, 2.24) is 15.1 Å². The zero-order chi connectivity index (χ0) is 24.9. The van der Waals surface area contributed by atoms with Crippen LogP contribution in [0, 0.1) is 13.8 Å². The molecule has 1 heterocycles. The highest BCUT2D eigenvalue weighted by Gasteiger charge is 2.31. The van der Waals surface area contributed by atoms with E-state index in [0.29, 0.717) is 17.0 Å². The first-order chi connectivity index (χ1) is 16.1. The number of aromatic nitrogens is 2. The number of ether oxygens (including phenoxy) is 1. The third-order valence-electron chi connectivity index (χ3n) is 5.41. The lowest BCUT2D eigenvalue weighted by molar-refractivity contribution is -0.144. The Bertz CT molecular complexity index is 1160. The predicted octanol–water partition coefficient (Wildman–Crippen LogP) is 4.86. The molecule has 6 nitrogen and oxygen atoms in total. The molecule has 0 fully saturated rings. The summed E-state index contributed by atoms with van der Waals surface area (Å²) in [6.45, 7) is 5.35. The maximum atomic E-state index is 13.1. The first-order valence-corrected chi connectivity index (χ1v) is 10.8. The van der Waals surface area contributed by atoms with E-state index in [1.165, 1.54) is 16.8 Å². The highest BCUT2D eigenvalue weighted by Crippen LogP contribution is 2.31. The Kier molecular flexibility index (Phi) is 7.75. The Morgan fingerprint density at radius 1 is 1.09 bits per heavy atom. The van der Waals surface area contributed by atoms with Crippen molar-refractivity contribution in [3.8, 4) is 5.69 Å². The normalized spacial score (nSPS) is 12.3. The molecule has 180 valence electrons. The fourth-order valence-electron chi connectivity index (χ4n) is 3.73. The van der Waals surface area contributed by atoms with E-state index in [0.717, 1.165) is 17.7 Å². The Balaban J connectivity index is 1.82. The van der Waals surface area contributed by atoms with Gasteiger partial charge in [-0.3, -0.25) is 9.59 Å². The lowest BCUT2D eigenvalue weighted by Crippen LogP contribution is -2.32. The molecule has 0 spiro atoms. The number of benzene rings is 2. The highest BCUT2D eigenvalue weighted by molar-refractivity contribution is 5.80. The molecular weight excluding hydrogens is 447 g/mol. The third kappa shape index (κ3) is 6.03. The van der Waals surface area contributed by atoms with Crippen LogP contribution in [-0.2, 0) is 26.9 Å². The first kappa shape index (κ1) is 25.0. The molecule has 1 amide bonds. The van der Waals surface area contributed by atoms with Gasteiger partial charge in [0.2, 0.25) is 5.91 Å². The number of aryl methyl sites for hydroxylation is 1. The molecule has 0 aliphatic rings. The molecule has 2 aromatic carbocycles. The molecule has 1 unspecified atom stereocenters. The minimum absolute atomic E-state index is 0.0228. The van der Waals surface area contributed by atoms with Crippen molar-refractivity contribution in [3.05, 3.63) is 82.7 Å². The summed E-state index contributed by atoms with van der Waals surface area (Å²) in [6, 6.07) is 13.4. The zero-order valence-electron chi connectivity index (χ0n) is 19.1. The fraction of sp³-hybridized carbons (Fsp3) is 0.320. The van der Waals surface area contributed by atoms with E-state index in [9.17, 15) is 22.8 Å². The number of alkyl halides is 3. The Morgan fingerprint density at radius 2 is 1.79 bits per heavy atom. The lowest BCUT2D eigenvalue weighted by Gasteiger charge is -2.18. The predicted molar refractivity (Wildman–Crippen MR) is 120 cm³/mol. The minimum Gasteiger partial charge on any atom is -0.466 e. The van der Waals surface area contributed by atoms with Crippen LogP contribution < -0.4 is 5.32 Å². The standard InChI is InChI=1S/C25H26F3N3O3/c1-4-34-24(33)15-22(18-9-6-5-7-10-18)29-23(32)14-21-16(2)30-31(17(21)3)20-12-8-11-19(13-20)25(26,27)28/h5-13,22H,4,14-15H2,1-3H3,(H,29,32). The van der Waals surface area contributed by atoms with Crippen LogP contribution >= 0.6 is 0 Å². The van der Waals surface area contributed by atoms with Crippen molar-refractivity contribution in [2.75, 3.05) is 6.61 Å². The van der Waals surface area contributed by atoms with Gasteiger partial charge < -0.3 is 10.1 Å². The quantitative estimate of drug-likeness (QED) is 0.474. The molecular formula is C25H26F3N3O3. The summed E-state index contributed by atoms with van der Waals surface area (Å²) in [5, 5.41) is 7.24. The summed E-state index contributed by atoms with van der Waals surface area (Å²) in [7, 11) is 0. The van der Waals surface area contributed by atoms with Crippen molar-refractivity contribution < 1.29 is 27.5 Å². The molecule has 3 rings (SSSR count). The van der Waals surface area contributed by atoms with Gasteiger partial charge in [-0.2, -0.15) is 18.3 Å². The SMILES string of the molecule is CCOC(=O)CC(NC(=O)Cc1c(C)nn(-c2cccc(C(F)(F)F)c2)c1C)c1ccccc1. The molecule has 1 atom stereocenters. The second kappa shape index (κ2) is 10.5. The van der Waals surface area contributed by atoms with Gasteiger partial charge in [0.05, 0.1) is 42.4 Å². The van der Waals surface area contributed by atoms with Gasteiger partial charge in [0.25, 0.3) is 0 Å². The minimum atomic E-state index is -4.47. The van der Waals surface area contributed by atoms with Crippen LogP contribution in [0.25, 0.3) is 5.69 Å². The van der Waals surface area contributed by atoms with E-state index in [-0.39, 0.29) is 31.0 Å². The number of amides is 1. The van der Waals surface area contributed by atoms with Gasteiger partial charge in [-0.25, -0.2) is 4.68 Å². The van der Waals surface area contributed by atoms with Gasteiger partial charge in [0.15, 0.2) is 0 Å². The lowest BCUT2D eigenvalue weighted by atomic mass is 10.0. The van der Waals surface area contributed by atoms with Gasteiger partial charge in [0, 0.05) is 11.3 Å². The van der Waals surface area contributed by atoms with E-state index in [1.807, 2.05) is 30.3 Å². The second-order valence-electron chi connectivity index (χ2n) is 7.83. The van der Waals surface area contributed by atoms with E-state index >= 15 is 0 Å². The number of carbonyl (C=O) groups is 2. The maximum absolute atomic E-state index is 13.1. The van der Waals surface area contributed by atoms with Gasteiger partial charge in [-0.15, -0.1) is 0 Å². The number of nitrogens with one attached hydrogen (secondary N) is 1. The van der Waals surface area contributed by atoms with Crippen LogP contribution in [0.4, 0.5) is 13.2 Å². The monoisotopic (exact) mass is 473 g/mol. The molecule has 0 bridgehead atoms. The summed E-state index contributed by atoms with van der Waals surface area (Å²) >= 11 is 0. The third-order valence-corrected chi connectivity index (χ3v) is 5.41. The van der Waals surface area contributed by atoms with Crippen molar-refractivity contribution in [2.24, 2.45) is 0 Å². The van der Waals surface area contributed by atoms with E-state index in [2.05, 4.69) is 10.4 Å². The molecule has 0 radical (unpaired) electrons. The zero-order valence-corrected chi connectivity index (χ0v) is 19.1. The average molecular weight is 473 g/mol. The Morgan fingerprint density at radius 3 is 2.44 bits per heavy atom. The molecule has 0 aliphatic heterocycles. The summed E-state index contributed by atoms with van der Waals surface area (Å²) in [5.74, 6) is -0.769. The van der Waals surface area contributed by atoms with Gasteiger partial charge in [-0.1, -0.05) is 36.4 Å². The topological polar surface area (TPSA) is 73.2 Å². The molecule has 3 aromatic rings. The van der Waals surface area contributed by atoms with Crippen molar-refractivity contribution >= 4 is 11.9 Å². The number of hydrogen-bond acceptors (Lipinski definition) is 4. The molecule has 0 saturated heterocycles. The van der Waals surface area contributed by atoms with Gasteiger partial charge in [0.1, 0.15) is 0 Å². The van der Waals surface area contributed by atoms with E-state index < -0.39 is 23.8 Å². The number of nitrogens with zero attached hydrogens (tertiary/aromatic N) is 2.